The average Bonchev–Trinajstić information content (AvgIpc) is 2.85. The predicted molar refractivity (Wildman–Crippen MR) is 82.5 cm³/mol. The van der Waals surface area contributed by atoms with Crippen molar-refractivity contribution in [3.05, 3.63) is 12.2 Å². The van der Waals surface area contributed by atoms with Gasteiger partial charge in [0.25, 0.3) is 0 Å². The van der Waals surface area contributed by atoms with Gasteiger partial charge in [-0.2, -0.15) is 5.10 Å². The molecule has 0 aromatic carbocycles. The van der Waals surface area contributed by atoms with E-state index in [2.05, 4.69) is 43.1 Å². The van der Waals surface area contributed by atoms with Crippen LogP contribution < -0.4 is 5.32 Å². The molecular formula is C16H30N4. The standard InChI is InChI=1S/C16H30N4/c1-5-20-16(18-11-19-20)9-15-8-13(4)6-7-14(15)10-17-12(2)3/h11-15,17H,5-10H2,1-4H3. The molecule has 0 radical (unpaired) electrons. The highest BCUT2D eigenvalue weighted by Gasteiger charge is 2.29. The number of aryl methyl sites for hydroxylation is 1. The SMILES string of the molecule is CCn1ncnc1CC1CC(C)CCC1CNC(C)C. The second kappa shape index (κ2) is 7.21. The largest absolute Gasteiger partial charge is 0.314 e. The van der Waals surface area contributed by atoms with Gasteiger partial charge >= 0.3 is 0 Å². The number of nitrogens with one attached hydrogen (secondary N) is 1. The summed E-state index contributed by atoms with van der Waals surface area (Å²) in [7, 11) is 0. The Kier molecular flexibility index (Phi) is 5.58. The molecule has 1 saturated carbocycles. The summed E-state index contributed by atoms with van der Waals surface area (Å²) in [5.74, 6) is 3.56. The molecule has 0 amide bonds. The van der Waals surface area contributed by atoms with E-state index in [1.807, 2.05) is 4.68 Å². The lowest BCUT2D eigenvalue weighted by Crippen LogP contribution is -2.36. The van der Waals surface area contributed by atoms with Crippen molar-refractivity contribution in [1.82, 2.24) is 20.1 Å². The van der Waals surface area contributed by atoms with Gasteiger partial charge in [-0.05, 0) is 44.1 Å². The van der Waals surface area contributed by atoms with Gasteiger partial charge in [-0.25, -0.2) is 4.98 Å². The first-order valence-electron chi connectivity index (χ1n) is 8.20. The van der Waals surface area contributed by atoms with E-state index in [0.29, 0.717) is 6.04 Å². The Bertz CT molecular complexity index is 399. The van der Waals surface area contributed by atoms with Crippen molar-refractivity contribution in [3.8, 4) is 0 Å². The van der Waals surface area contributed by atoms with Crippen LogP contribution in [0.25, 0.3) is 0 Å². The second-order valence-corrected chi connectivity index (χ2v) is 6.70. The Morgan fingerprint density at radius 1 is 1.35 bits per heavy atom. The van der Waals surface area contributed by atoms with E-state index in [0.717, 1.165) is 37.3 Å². The zero-order valence-corrected chi connectivity index (χ0v) is 13.5. The normalized spacial score (nSPS) is 27.1. The van der Waals surface area contributed by atoms with E-state index in [4.69, 9.17) is 0 Å². The van der Waals surface area contributed by atoms with Crippen molar-refractivity contribution in [2.24, 2.45) is 17.8 Å². The molecule has 1 fully saturated rings. The van der Waals surface area contributed by atoms with E-state index in [9.17, 15) is 0 Å². The third kappa shape index (κ3) is 4.05. The third-order valence-electron chi connectivity index (χ3n) is 4.63. The summed E-state index contributed by atoms with van der Waals surface area (Å²) in [6, 6.07) is 0.578. The zero-order chi connectivity index (χ0) is 14.5. The summed E-state index contributed by atoms with van der Waals surface area (Å²) in [5.41, 5.74) is 0. The van der Waals surface area contributed by atoms with E-state index < -0.39 is 0 Å². The Hall–Kier alpha value is -0.900. The molecule has 0 saturated heterocycles. The van der Waals surface area contributed by atoms with Crippen LogP contribution in [0.3, 0.4) is 0 Å². The van der Waals surface area contributed by atoms with Crippen molar-refractivity contribution >= 4 is 0 Å². The van der Waals surface area contributed by atoms with Crippen molar-refractivity contribution in [3.63, 3.8) is 0 Å². The maximum Gasteiger partial charge on any atom is 0.138 e. The van der Waals surface area contributed by atoms with Gasteiger partial charge in [0.05, 0.1) is 0 Å². The second-order valence-electron chi connectivity index (χ2n) is 6.70. The van der Waals surface area contributed by atoms with Gasteiger partial charge in [-0.3, -0.25) is 4.68 Å². The highest BCUT2D eigenvalue weighted by molar-refractivity contribution is 4.92. The highest BCUT2D eigenvalue weighted by Crippen LogP contribution is 2.35. The Morgan fingerprint density at radius 2 is 2.15 bits per heavy atom. The van der Waals surface area contributed by atoms with E-state index in [1.165, 1.54) is 25.1 Å². The molecule has 1 aliphatic carbocycles. The van der Waals surface area contributed by atoms with Crippen LogP contribution in [0.15, 0.2) is 6.33 Å². The lowest BCUT2D eigenvalue weighted by atomic mass is 9.73. The summed E-state index contributed by atoms with van der Waals surface area (Å²) >= 11 is 0. The fourth-order valence-electron chi connectivity index (χ4n) is 3.41. The van der Waals surface area contributed by atoms with E-state index in [1.54, 1.807) is 6.33 Å². The molecule has 20 heavy (non-hydrogen) atoms. The molecule has 1 N–H and O–H groups in total. The fraction of sp³-hybridized carbons (Fsp3) is 0.875. The smallest absolute Gasteiger partial charge is 0.138 e. The first-order valence-corrected chi connectivity index (χ1v) is 8.20. The summed E-state index contributed by atoms with van der Waals surface area (Å²) in [6.45, 7) is 11.1. The van der Waals surface area contributed by atoms with Crippen LogP contribution in [0.4, 0.5) is 0 Å². The molecule has 0 bridgehead atoms. The topological polar surface area (TPSA) is 42.7 Å². The molecule has 114 valence electrons. The average molecular weight is 278 g/mol. The van der Waals surface area contributed by atoms with Crippen LogP contribution in [0.1, 0.15) is 52.8 Å². The Labute approximate surface area is 123 Å². The molecule has 3 unspecified atom stereocenters. The van der Waals surface area contributed by atoms with Crippen LogP contribution >= 0.6 is 0 Å². The monoisotopic (exact) mass is 278 g/mol. The first kappa shape index (κ1) is 15.5. The van der Waals surface area contributed by atoms with Crippen LogP contribution in [0.5, 0.6) is 0 Å². The highest BCUT2D eigenvalue weighted by atomic mass is 15.3. The molecule has 4 heteroatoms. The van der Waals surface area contributed by atoms with Gasteiger partial charge in [0.2, 0.25) is 0 Å². The molecule has 1 aliphatic rings. The minimum atomic E-state index is 0.578. The van der Waals surface area contributed by atoms with Crippen LogP contribution in [0.2, 0.25) is 0 Å². The number of hydrogen-bond acceptors (Lipinski definition) is 3. The van der Waals surface area contributed by atoms with Crippen molar-refractivity contribution in [2.75, 3.05) is 6.54 Å². The Morgan fingerprint density at radius 3 is 2.85 bits per heavy atom. The maximum absolute atomic E-state index is 4.47. The number of aromatic nitrogens is 3. The molecule has 1 aromatic rings. The number of hydrogen-bond donors (Lipinski definition) is 1. The molecule has 0 spiro atoms. The minimum Gasteiger partial charge on any atom is -0.314 e. The van der Waals surface area contributed by atoms with Gasteiger partial charge in [-0.1, -0.05) is 27.2 Å². The van der Waals surface area contributed by atoms with Crippen molar-refractivity contribution in [2.45, 2.75) is 66.0 Å². The summed E-state index contributed by atoms with van der Waals surface area (Å²) in [4.78, 5) is 4.47. The molecule has 1 aromatic heterocycles. The number of nitrogens with zero attached hydrogens (tertiary/aromatic N) is 3. The lowest BCUT2D eigenvalue weighted by molar-refractivity contribution is 0.177. The lowest BCUT2D eigenvalue weighted by Gasteiger charge is -2.35. The van der Waals surface area contributed by atoms with E-state index in [-0.39, 0.29) is 0 Å². The molecule has 0 aliphatic heterocycles. The molecule has 3 atom stereocenters. The van der Waals surface area contributed by atoms with Crippen LogP contribution in [-0.4, -0.2) is 27.4 Å². The van der Waals surface area contributed by atoms with Gasteiger partial charge in [0, 0.05) is 19.0 Å². The van der Waals surface area contributed by atoms with Crippen LogP contribution in [-0.2, 0) is 13.0 Å². The molecule has 4 nitrogen and oxygen atoms in total. The van der Waals surface area contributed by atoms with Gasteiger partial charge < -0.3 is 5.32 Å². The van der Waals surface area contributed by atoms with Gasteiger partial charge in [0.1, 0.15) is 12.2 Å². The van der Waals surface area contributed by atoms with Crippen molar-refractivity contribution < 1.29 is 0 Å². The van der Waals surface area contributed by atoms with E-state index >= 15 is 0 Å². The summed E-state index contributed by atoms with van der Waals surface area (Å²) in [6.07, 6.45) is 6.85. The fourth-order valence-corrected chi connectivity index (χ4v) is 3.41. The maximum atomic E-state index is 4.47. The first-order chi connectivity index (χ1) is 9.60. The van der Waals surface area contributed by atoms with Gasteiger partial charge in [-0.15, -0.1) is 0 Å². The van der Waals surface area contributed by atoms with Crippen molar-refractivity contribution in [1.29, 1.82) is 0 Å². The zero-order valence-electron chi connectivity index (χ0n) is 13.5. The van der Waals surface area contributed by atoms with Gasteiger partial charge in [0.15, 0.2) is 0 Å². The Balaban J connectivity index is 2.00. The molecule has 2 rings (SSSR count). The molecule has 1 heterocycles. The quantitative estimate of drug-likeness (QED) is 0.870. The predicted octanol–water partition coefficient (Wildman–Crippen LogP) is 2.89. The van der Waals surface area contributed by atoms with Crippen LogP contribution in [0, 0.1) is 17.8 Å². The minimum absolute atomic E-state index is 0.578. The molecular weight excluding hydrogens is 248 g/mol. The number of rotatable bonds is 6. The summed E-state index contributed by atoms with van der Waals surface area (Å²) < 4.78 is 2.05. The summed E-state index contributed by atoms with van der Waals surface area (Å²) in [5, 5.41) is 7.93. The third-order valence-corrected chi connectivity index (χ3v) is 4.63.